The Morgan fingerprint density at radius 2 is 1.50 bits per heavy atom. The molecule has 0 radical (unpaired) electrons. The van der Waals surface area contributed by atoms with Gasteiger partial charge in [-0.2, -0.15) is 15.0 Å². The molecule has 4 aromatic rings. The quantitative estimate of drug-likeness (QED) is 0.195. The zero-order chi connectivity index (χ0) is 27.1. The number of benzene rings is 3. The molecular weight excluding hydrogens is 488 g/mol. The molecule has 1 heterocycles. The Bertz CT molecular complexity index is 1400. The van der Waals surface area contributed by atoms with Gasteiger partial charge in [0.15, 0.2) is 11.5 Å². The van der Waals surface area contributed by atoms with Gasteiger partial charge in [-0.15, -0.1) is 0 Å². The fraction of sp³-hybridized carbons (Fsp3) is 0.154. The zero-order valence-corrected chi connectivity index (χ0v) is 21.1. The molecule has 1 aromatic heterocycles. The molecule has 3 aromatic carbocycles. The number of nitrogens with one attached hydrogen (secondary N) is 3. The SMILES string of the molecule is COc1cc(Nc2nc(N)nc(NCc3ccc(C(=O)Nc4ccccc4N)cc3)n2)cc(OC)c1OC. The van der Waals surface area contributed by atoms with E-state index in [0.29, 0.717) is 46.4 Å². The summed E-state index contributed by atoms with van der Waals surface area (Å²) in [6.07, 6.45) is 0. The number of para-hydroxylation sites is 2. The monoisotopic (exact) mass is 516 g/mol. The highest BCUT2D eigenvalue weighted by molar-refractivity contribution is 6.05. The molecule has 0 atom stereocenters. The van der Waals surface area contributed by atoms with E-state index in [4.69, 9.17) is 25.7 Å². The lowest BCUT2D eigenvalue weighted by molar-refractivity contribution is 0.102. The smallest absolute Gasteiger partial charge is 0.255 e. The number of anilines is 6. The van der Waals surface area contributed by atoms with Crippen LogP contribution in [0.4, 0.5) is 34.9 Å². The number of ether oxygens (including phenoxy) is 3. The van der Waals surface area contributed by atoms with Gasteiger partial charge in [0.1, 0.15) is 0 Å². The minimum atomic E-state index is -0.254. The molecule has 0 saturated carbocycles. The van der Waals surface area contributed by atoms with E-state index in [0.717, 1.165) is 5.56 Å². The van der Waals surface area contributed by atoms with Crippen LogP contribution in [0.3, 0.4) is 0 Å². The first-order valence-corrected chi connectivity index (χ1v) is 11.5. The van der Waals surface area contributed by atoms with Gasteiger partial charge in [-0.1, -0.05) is 24.3 Å². The van der Waals surface area contributed by atoms with Crippen LogP contribution in [-0.4, -0.2) is 42.2 Å². The molecule has 12 nitrogen and oxygen atoms in total. The standard InChI is InChI=1S/C26H28N8O4/c1-36-20-12-17(13-21(37-2)22(20)38-3)30-26-33-24(28)32-25(34-26)29-14-15-8-10-16(11-9-15)23(35)31-19-7-5-4-6-18(19)27/h4-13H,14,27H2,1-3H3,(H,31,35)(H4,28,29,30,32,33,34). The van der Waals surface area contributed by atoms with Gasteiger partial charge in [-0.3, -0.25) is 4.79 Å². The highest BCUT2D eigenvalue weighted by atomic mass is 16.5. The fourth-order valence-corrected chi connectivity index (χ4v) is 3.57. The number of rotatable bonds is 10. The zero-order valence-electron chi connectivity index (χ0n) is 21.1. The van der Waals surface area contributed by atoms with Crippen molar-refractivity contribution in [2.24, 2.45) is 0 Å². The van der Waals surface area contributed by atoms with E-state index >= 15 is 0 Å². The first-order chi connectivity index (χ1) is 18.4. The Morgan fingerprint density at radius 3 is 2.13 bits per heavy atom. The molecule has 1 amide bonds. The van der Waals surface area contributed by atoms with Crippen molar-refractivity contribution in [2.75, 3.05) is 48.7 Å². The van der Waals surface area contributed by atoms with Crippen LogP contribution in [0.1, 0.15) is 15.9 Å². The highest BCUT2D eigenvalue weighted by Gasteiger charge is 2.15. The van der Waals surface area contributed by atoms with Crippen LogP contribution in [-0.2, 0) is 6.54 Å². The van der Waals surface area contributed by atoms with Crippen LogP contribution < -0.4 is 41.6 Å². The number of carbonyl (C=O) groups excluding carboxylic acids is 1. The van der Waals surface area contributed by atoms with Gasteiger partial charge in [0, 0.05) is 29.9 Å². The molecule has 12 heteroatoms. The second kappa shape index (κ2) is 11.6. The Balaban J connectivity index is 1.42. The summed E-state index contributed by atoms with van der Waals surface area (Å²) in [5, 5.41) is 9.00. The van der Waals surface area contributed by atoms with Crippen molar-refractivity contribution in [3.63, 3.8) is 0 Å². The minimum absolute atomic E-state index is 0.0321. The second-order valence-electron chi connectivity index (χ2n) is 7.97. The molecule has 38 heavy (non-hydrogen) atoms. The maximum absolute atomic E-state index is 12.5. The summed E-state index contributed by atoms with van der Waals surface area (Å²) in [6, 6.07) is 17.6. The third kappa shape index (κ3) is 6.10. The summed E-state index contributed by atoms with van der Waals surface area (Å²) < 4.78 is 16.1. The van der Waals surface area contributed by atoms with E-state index in [1.54, 1.807) is 48.5 Å². The molecule has 0 aliphatic rings. The lowest BCUT2D eigenvalue weighted by Gasteiger charge is -2.15. The summed E-state index contributed by atoms with van der Waals surface area (Å²) >= 11 is 0. The Labute approximate surface area is 219 Å². The predicted molar refractivity (Wildman–Crippen MR) is 146 cm³/mol. The normalized spacial score (nSPS) is 10.4. The topological polar surface area (TPSA) is 172 Å². The number of aromatic nitrogens is 3. The van der Waals surface area contributed by atoms with Gasteiger partial charge in [-0.25, -0.2) is 0 Å². The van der Waals surface area contributed by atoms with E-state index in [1.165, 1.54) is 21.3 Å². The van der Waals surface area contributed by atoms with Gasteiger partial charge < -0.3 is 41.6 Å². The average molecular weight is 517 g/mol. The maximum atomic E-state index is 12.5. The van der Waals surface area contributed by atoms with E-state index in [2.05, 4.69) is 30.9 Å². The van der Waals surface area contributed by atoms with Crippen molar-refractivity contribution < 1.29 is 19.0 Å². The lowest BCUT2D eigenvalue weighted by atomic mass is 10.1. The molecule has 4 rings (SSSR count). The highest BCUT2D eigenvalue weighted by Crippen LogP contribution is 2.40. The van der Waals surface area contributed by atoms with Crippen LogP contribution >= 0.6 is 0 Å². The van der Waals surface area contributed by atoms with Crippen LogP contribution in [0, 0.1) is 0 Å². The van der Waals surface area contributed by atoms with Crippen molar-refractivity contribution in [1.29, 1.82) is 0 Å². The number of nitrogens with two attached hydrogens (primary N) is 2. The Kier molecular flexibility index (Phi) is 7.92. The predicted octanol–water partition coefficient (Wildman–Crippen LogP) is 3.67. The molecule has 0 aliphatic heterocycles. The fourth-order valence-electron chi connectivity index (χ4n) is 3.57. The van der Waals surface area contributed by atoms with E-state index < -0.39 is 0 Å². The van der Waals surface area contributed by atoms with Crippen LogP contribution in [0.5, 0.6) is 17.2 Å². The molecule has 7 N–H and O–H groups in total. The molecule has 0 bridgehead atoms. The molecule has 0 fully saturated rings. The number of nitrogen functional groups attached to an aromatic ring is 2. The van der Waals surface area contributed by atoms with Crippen molar-refractivity contribution >= 4 is 40.8 Å². The first-order valence-electron chi connectivity index (χ1n) is 11.5. The van der Waals surface area contributed by atoms with Gasteiger partial charge in [0.2, 0.25) is 23.6 Å². The second-order valence-corrected chi connectivity index (χ2v) is 7.97. The summed E-state index contributed by atoms with van der Waals surface area (Å²) in [5.41, 5.74) is 14.9. The third-order valence-electron chi connectivity index (χ3n) is 5.45. The van der Waals surface area contributed by atoms with Gasteiger partial charge >= 0.3 is 0 Å². The third-order valence-corrected chi connectivity index (χ3v) is 5.45. The molecule has 0 saturated heterocycles. The van der Waals surface area contributed by atoms with Gasteiger partial charge in [0.05, 0.1) is 32.7 Å². The maximum Gasteiger partial charge on any atom is 0.255 e. The van der Waals surface area contributed by atoms with Crippen molar-refractivity contribution in [3.05, 3.63) is 71.8 Å². The summed E-state index contributed by atoms with van der Waals surface area (Å²) in [6.45, 7) is 0.389. The van der Waals surface area contributed by atoms with Crippen LogP contribution in [0.2, 0.25) is 0 Å². The number of amides is 1. The Hall–Kier alpha value is -5.26. The van der Waals surface area contributed by atoms with Crippen LogP contribution in [0.15, 0.2) is 60.7 Å². The number of carbonyl (C=O) groups is 1. The number of nitrogens with zero attached hydrogens (tertiary/aromatic N) is 3. The molecular formula is C26H28N8O4. The molecule has 0 spiro atoms. The average Bonchev–Trinajstić information content (AvgIpc) is 2.92. The lowest BCUT2D eigenvalue weighted by Crippen LogP contribution is -2.13. The van der Waals surface area contributed by atoms with Crippen molar-refractivity contribution in [2.45, 2.75) is 6.54 Å². The molecule has 196 valence electrons. The van der Waals surface area contributed by atoms with Gasteiger partial charge in [-0.05, 0) is 29.8 Å². The number of methoxy groups -OCH3 is 3. The minimum Gasteiger partial charge on any atom is -0.493 e. The van der Waals surface area contributed by atoms with Crippen molar-refractivity contribution in [1.82, 2.24) is 15.0 Å². The molecule has 0 aliphatic carbocycles. The largest absolute Gasteiger partial charge is 0.493 e. The van der Waals surface area contributed by atoms with Crippen LogP contribution in [0.25, 0.3) is 0 Å². The van der Waals surface area contributed by atoms with Gasteiger partial charge in [0.25, 0.3) is 5.91 Å². The Morgan fingerprint density at radius 1 is 0.842 bits per heavy atom. The summed E-state index contributed by atoms with van der Waals surface area (Å²) in [7, 11) is 4.59. The molecule has 0 unspecified atom stereocenters. The number of hydrogen-bond acceptors (Lipinski definition) is 11. The number of hydrogen-bond donors (Lipinski definition) is 5. The summed E-state index contributed by atoms with van der Waals surface area (Å²) in [5.74, 6) is 1.68. The van der Waals surface area contributed by atoms with Crippen molar-refractivity contribution in [3.8, 4) is 17.2 Å². The van der Waals surface area contributed by atoms with E-state index in [1.807, 2.05) is 12.1 Å². The van der Waals surface area contributed by atoms with E-state index in [-0.39, 0.29) is 23.8 Å². The van der Waals surface area contributed by atoms with E-state index in [9.17, 15) is 4.79 Å². The summed E-state index contributed by atoms with van der Waals surface area (Å²) in [4.78, 5) is 25.2. The first kappa shape index (κ1) is 25.8.